The molecule has 0 unspecified atom stereocenters. The monoisotopic (exact) mass is 371 g/mol. The van der Waals surface area contributed by atoms with E-state index in [2.05, 4.69) is 17.0 Å². The van der Waals surface area contributed by atoms with E-state index in [1.165, 1.54) is 5.56 Å². The Balaban J connectivity index is 1.64. The Morgan fingerprint density at radius 2 is 1.88 bits per heavy atom. The number of anilines is 1. The molecule has 6 heteroatoms. The lowest BCUT2D eigenvalue weighted by Crippen LogP contribution is -2.30. The molecule has 138 valence electrons. The molecule has 0 spiro atoms. The summed E-state index contributed by atoms with van der Waals surface area (Å²) in [5.41, 5.74) is 9.38. The SMILES string of the molecule is CN1CCc2ccc(S(=O)(=O)N3C[C@@H](CN)[C@H](c4ccccc4)C3)cc21. The van der Waals surface area contributed by atoms with E-state index in [4.69, 9.17) is 5.73 Å². The van der Waals surface area contributed by atoms with Crippen LogP contribution in [0.5, 0.6) is 0 Å². The van der Waals surface area contributed by atoms with E-state index >= 15 is 0 Å². The largest absolute Gasteiger partial charge is 0.374 e. The number of nitrogens with two attached hydrogens (primary N) is 1. The third-order valence-corrected chi connectivity index (χ3v) is 7.59. The van der Waals surface area contributed by atoms with Crippen molar-refractivity contribution in [3.63, 3.8) is 0 Å². The summed E-state index contributed by atoms with van der Waals surface area (Å²) >= 11 is 0. The van der Waals surface area contributed by atoms with Crippen LogP contribution in [0.4, 0.5) is 5.69 Å². The molecule has 0 amide bonds. The normalized spacial score (nSPS) is 23.4. The fraction of sp³-hybridized carbons (Fsp3) is 0.400. The standard InChI is InChI=1S/C20H25N3O2S/c1-22-10-9-16-7-8-18(11-20(16)22)26(24,25)23-13-17(12-21)19(14-23)15-5-3-2-4-6-15/h2-8,11,17,19H,9-10,12-14,21H2,1H3/t17-,19+/m1/s1. The van der Waals surface area contributed by atoms with Crippen LogP contribution >= 0.6 is 0 Å². The van der Waals surface area contributed by atoms with Gasteiger partial charge in [-0.15, -0.1) is 0 Å². The van der Waals surface area contributed by atoms with E-state index in [1.807, 2.05) is 37.4 Å². The molecular weight excluding hydrogens is 346 g/mol. The first-order valence-electron chi connectivity index (χ1n) is 9.10. The van der Waals surface area contributed by atoms with E-state index in [-0.39, 0.29) is 11.8 Å². The zero-order valence-electron chi connectivity index (χ0n) is 15.0. The Hall–Kier alpha value is -1.89. The number of hydrogen-bond donors (Lipinski definition) is 1. The molecule has 1 saturated heterocycles. The highest BCUT2D eigenvalue weighted by Gasteiger charge is 2.39. The van der Waals surface area contributed by atoms with Gasteiger partial charge in [0.2, 0.25) is 10.0 Å². The maximum Gasteiger partial charge on any atom is 0.243 e. The summed E-state index contributed by atoms with van der Waals surface area (Å²) < 4.78 is 28.1. The van der Waals surface area contributed by atoms with Gasteiger partial charge in [0, 0.05) is 38.3 Å². The Morgan fingerprint density at radius 3 is 2.62 bits per heavy atom. The van der Waals surface area contributed by atoms with Gasteiger partial charge in [-0.1, -0.05) is 36.4 Å². The highest BCUT2D eigenvalue weighted by Crippen LogP contribution is 2.36. The third-order valence-electron chi connectivity index (χ3n) is 5.76. The second-order valence-electron chi connectivity index (χ2n) is 7.30. The average Bonchev–Trinajstić information content (AvgIpc) is 3.26. The van der Waals surface area contributed by atoms with Crippen molar-refractivity contribution in [3.8, 4) is 0 Å². The Labute approximate surface area is 155 Å². The Morgan fingerprint density at radius 1 is 1.12 bits per heavy atom. The van der Waals surface area contributed by atoms with Crippen LogP contribution < -0.4 is 10.6 Å². The van der Waals surface area contributed by atoms with E-state index < -0.39 is 10.0 Å². The van der Waals surface area contributed by atoms with E-state index in [0.717, 1.165) is 24.2 Å². The quantitative estimate of drug-likeness (QED) is 0.893. The molecule has 4 rings (SSSR count). The summed E-state index contributed by atoms with van der Waals surface area (Å²) in [4.78, 5) is 2.50. The van der Waals surface area contributed by atoms with Crippen LogP contribution in [0.25, 0.3) is 0 Å². The number of sulfonamides is 1. The molecule has 2 aromatic carbocycles. The summed E-state index contributed by atoms with van der Waals surface area (Å²) in [5.74, 6) is 0.289. The van der Waals surface area contributed by atoms with Crippen LogP contribution in [0.1, 0.15) is 17.0 Å². The third kappa shape index (κ3) is 2.92. The van der Waals surface area contributed by atoms with Gasteiger partial charge in [0.1, 0.15) is 0 Å². The molecule has 2 N–H and O–H groups in total. The van der Waals surface area contributed by atoms with Crippen molar-refractivity contribution < 1.29 is 8.42 Å². The number of hydrogen-bond acceptors (Lipinski definition) is 4. The molecule has 0 aromatic heterocycles. The number of rotatable bonds is 4. The fourth-order valence-electron chi connectivity index (χ4n) is 4.17. The predicted molar refractivity (Wildman–Crippen MR) is 104 cm³/mol. The van der Waals surface area contributed by atoms with Crippen molar-refractivity contribution in [2.45, 2.75) is 17.2 Å². The van der Waals surface area contributed by atoms with Crippen LogP contribution in [0.2, 0.25) is 0 Å². The van der Waals surface area contributed by atoms with E-state index in [1.54, 1.807) is 10.4 Å². The van der Waals surface area contributed by atoms with Crippen molar-refractivity contribution in [2.75, 3.05) is 38.1 Å². The minimum Gasteiger partial charge on any atom is -0.374 e. The van der Waals surface area contributed by atoms with Crippen molar-refractivity contribution in [2.24, 2.45) is 11.7 Å². The van der Waals surface area contributed by atoms with Crippen molar-refractivity contribution in [1.82, 2.24) is 4.31 Å². The second-order valence-corrected chi connectivity index (χ2v) is 9.23. The van der Waals surface area contributed by atoms with Gasteiger partial charge in [0.15, 0.2) is 0 Å². The fourth-order valence-corrected chi connectivity index (χ4v) is 5.72. The second kappa shape index (κ2) is 6.68. The topological polar surface area (TPSA) is 66.6 Å². The molecule has 0 bridgehead atoms. The predicted octanol–water partition coefficient (Wildman–Crippen LogP) is 2.04. The minimum absolute atomic E-state index is 0.143. The Bertz CT molecular complexity index is 899. The van der Waals surface area contributed by atoms with Crippen molar-refractivity contribution >= 4 is 15.7 Å². The van der Waals surface area contributed by atoms with Gasteiger partial charge in [-0.3, -0.25) is 0 Å². The zero-order chi connectivity index (χ0) is 18.3. The van der Waals surface area contributed by atoms with Crippen LogP contribution in [-0.2, 0) is 16.4 Å². The van der Waals surface area contributed by atoms with Gasteiger partial charge < -0.3 is 10.6 Å². The number of nitrogens with zero attached hydrogens (tertiary/aromatic N) is 2. The smallest absolute Gasteiger partial charge is 0.243 e. The summed E-state index contributed by atoms with van der Waals surface area (Å²) in [6.07, 6.45) is 0.973. The highest BCUT2D eigenvalue weighted by atomic mass is 32.2. The first-order valence-corrected chi connectivity index (χ1v) is 10.5. The summed E-state index contributed by atoms with van der Waals surface area (Å²) in [6.45, 7) is 2.39. The van der Waals surface area contributed by atoms with Crippen LogP contribution in [-0.4, -0.2) is 45.9 Å². The van der Waals surface area contributed by atoms with Gasteiger partial charge in [0.25, 0.3) is 0 Å². The summed E-state index contributed by atoms with van der Waals surface area (Å²) in [6, 6.07) is 15.6. The molecule has 26 heavy (non-hydrogen) atoms. The van der Waals surface area contributed by atoms with Crippen LogP contribution in [0.15, 0.2) is 53.4 Å². The zero-order valence-corrected chi connectivity index (χ0v) is 15.8. The highest BCUT2D eigenvalue weighted by molar-refractivity contribution is 7.89. The van der Waals surface area contributed by atoms with Crippen molar-refractivity contribution in [3.05, 3.63) is 59.7 Å². The number of fused-ring (bicyclic) bond motifs is 1. The number of benzene rings is 2. The van der Waals surface area contributed by atoms with Gasteiger partial charge >= 0.3 is 0 Å². The molecule has 2 heterocycles. The van der Waals surface area contributed by atoms with E-state index in [9.17, 15) is 8.42 Å². The maximum atomic E-state index is 13.2. The molecule has 0 saturated carbocycles. The molecule has 0 radical (unpaired) electrons. The van der Waals surface area contributed by atoms with Gasteiger partial charge in [0.05, 0.1) is 4.90 Å². The lowest BCUT2D eigenvalue weighted by Gasteiger charge is -2.19. The number of likely N-dealkylation sites (N-methyl/N-ethyl adjacent to an activating group) is 1. The molecule has 5 nitrogen and oxygen atoms in total. The maximum absolute atomic E-state index is 13.2. The molecule has 2 aliphatic rings. The molecule has 1 fully saturated rings. The van der Waals surface area contributed by atoms with Crippen LogP contribution in [0.3, 0.4) is 0 Å². The molecule has 2 atom stereocenters. The van der Waals surface area contributed by atoms with Gasteiger partial charge in [-0.05, 0) is 42.1 Å². The molecule has 2 aliphatic heterocycles. The van der Waals surface area contributed by atoms with Crippen molar-refractivity contribution in [1.29, 1.82) is 0 Å². The molecule has 0 aliphatic carbocycles. The average molecular weight is 372 g/mol. The lowest BCUT2D eigenvalue weighted by molar-refractivity contribution is 0.459. The first-order chi connectivity index (χ1) is 12.5. The first kappa shape index (κ1) is 17.5. The van der Waals surface area contributed by atoms with E-state index in [0.29, 0.717) is 24.5 Å². The Kier molecular flexibility index (Phi) is 4.50. The van der Waals surface area contributed by atoms with Crippen LogP contribution in [0, 0.1) is 5.92 Å². The summed E-state index contributed by atoms with van der Waals surface area (Å²) in [5, 5.41) is 0. The molecule has 2 aromatic rings. The molecular formula is C20H25N3O2S. The minimum atomic E-state index is -3.52. The lowest BCUT2D eigenvalue weighted by atomic mass is 9.89. The van der Waals surface area contributed by atoms with Gasteiger partial charge in [-0.25, -0.2) is 8.42 Å². The van der Waals surface area contributed by atoms with Gasteiger partial charge in [-0.2, -0.15) is 4.31 Å². The summed E-state index contributed by atoms with van der Waals surface area (Å²) in [7, 11) is -1.51.